The van der Waals surface area contributed by atoms with Crippen LogP contribution in [0.1, 0.15) is 20.8 Å². The predicted octanol–water partition coefficient (Wildman–Crippen LogP) is 0.887. The number of nitrogens with one attached hydrogen (secondary N) is 1. The Balaban J connectivity index is 2.20. The maximum Gasteiger partial charge on any atom is 0.162 e. The molecule has 1 heterocycles. The van der Waals surface area contributed by atoms with Crippen LogP contribution in [0.5, 0.6) is 0 Å². The van der Waals surface area contributed by atoms with E-state index in [0.717, 1.165) is 0 Å². The smallest absolute Gasteiger partial charge is 0.162 e. The molecule has 1 saturated heterocycles. The Morgan fingerprint density at radius 2 is 2.07 bits per heavy atom. The number of rotatable bonds is 3. The van der Waals surface area contributed by atoms with Gasteiger partial charge in [-0.15, -0.1) is 0 Å². The molecule has 4 heteroatoms. The summed E-state index contributed by atoms with van der Waals surface area (Å²) in [5.74, 6) is -0.427. The van der Waals surface area contributed by atoms with E-state index in [1.54, 1.807) is 0 Å². The average molecular weight is 198 g/mol. The Morgan fingerprint density at radius 3 is 2.57 bits per heavy atom. The van der Waals surface area contributed by atoms with Crippen molar-refractivity contribution >= 4 is 0 Å². The van der Waals surface area contributed by atoms with Gasteiger partial charge in [0.05, 0.1) is 31.2 Å². The molecule has 1 unspecified atom stereocenters. The third-order valence-electron chi connectivity index (χ3n) is 2.20. The molecule has 1 rings (SSSR count). The third-order valence-corrected chi connectivity index (χ3v) is 2.20. The van der Waals surface area contributed by atoms with Crippen LogP contribution in [0.4, 0.5) is 0 Å². The highest BCUT2D eigenvalue weighted by Crippen LogP contribution is 2.16. The van der Waals surface area contributed by atoms with Crippen molar-refractivity contribution in [3.05, 3.63) is 0 Å². The molecule has 1 aliphatic heterocycles. The zero-order chi connectivity index (χ0) is 10.6. The van der Waals surface area contributed by atoms with Crippen molar-refractivity contribution in [3.8, 4) is 6.07 Å². The van der Waals surface area contributed by atoms with Gasteiger partial charge in [0.25, 0.3) is 0 Å². The van der Waals surface area contributed by atoms with Crippen LogP contribution in [0.15, 0.2) is 0 Å². The minimum absolute atomic E-state index is 0.0323. The van der Waals surface area contributed by atoms with Crippen molar-refractivity contribution in [1.29, 1.82) is 5.26 Å². The zero-order valence-electron chi connectivity index (χ0n) is 9.04. The number of ether oxygens (including phenoxy) is 2. The highest BCUT2D eigenvalue weighted by molar-refractivity contribution is 4.82. The Kier molecular flexibility index (Phi) is 3.87. The van der Waals surface area contributed by atoms with Gasteiger partial charge >= 0.3 is 0 Å². The Labute approximate surface area is 85.2 Å². The summed E-state index contributed by atoms with van der Waals surface area (Å²) in [5, 5.41) is 11.8. The van der Waals surface area contributed by atoms with Crippen molar-refractivity contribution in [2.45, 2.75) is 32.6 Å². The lowest BCUT2D eigenvalue weighted by Gasteiger charge is -2.35. The second-order valence-corrected chi connectivity index (χ2v) is 4.16. The second kappa shape index (κ2) is 4.74. The second-order valence-electron chi connectivity index (χ2n) is 4.16. The molecule has 0 aliphatic carbocycles. The molecule has 1 N–H and O–H groups in total. The fourth-order valence-electron chi connectivity index (χ4n) is 1.20. The van der Waals surface area contributed by atoms with Gasteiger partial charge in [-0.25, -0.2) is 0 Å². The highest BCUT2D eigenvalue weighted by Gasteiger charge is 2.27. The Morgan fingerprint density at radius 1 is 1.50 bits per heavy atom. The summed E-state index contributed by atoms with van der Waals surface area (Å²) in [6.07, 6.45) is 0. The quantitative estimate of drug-likeness (QED) is 0.731. The summed E-state index contributed by atoms with van der Waals surface area (Å²) in [7, 11) is 0. The number of nitrogens with zero attached hydrogens (tertiary/aromatic N) is 1. The van der Waals surface area contributed by atoms with Gasteiger partial charge in [0, 0.05) is 6.54 Å². The monoisotopic (exact) mass is 198 g/mol. The molecule has 1 aliphatic rings. The van der Waals surface area contributed by atoms with Crippen LogP contribution >= 0.6 is 0 Å². The number of hydrogen-bond acceptors (Lipinski definition) is 4. The highest BCUT2D eigenvalue weighted by atomic mass is 16.7. The van der Waals surface area contributed by atoms with E-state index in [4.69, 9.17) is 14.7 Å². The number of hydrogen-bond donors (Lipinski definition) is 1. The molecule has 0 saturated carbocycles. The molecule has 80 valence electrons. The number of nitriles is 1. The van der Waals surface area contributed by atoms with Crippen molar-refractivity contribution in [3.63, 3.8) is 0 Å². The first-order valence-corrected chi connectivity index (χ1v) is 4.94. The molecular formula is C10H18N2O2. The molecule has 1 atom stereocenters. The van der Waals surface area contributed by atoms with Crippen LogP contribution in [0.2, 0.25) is 0 Å². The molecule has 4 nitrogen and oxygen atoms in total. The minimum Gasteiger partial charge on any atom is -0.349 e. The van der Waals surface area contributed by atoms with Gasteiger partial charge in [-0.3, -0.25) is 0 Å². The van der Waals surface area contributed by atoms with E-state index >= 15 is 0 Å². The van der Waals surface area contributed by atoms with Gasteiger partial charge in [0.1, 0.15) is 0 Å². The van der Waals surface area contributed by atoms with Gasteiger partial charge in [-0.05, 0) is 20.8 Å². The van der Waals surface area contributed by atoms with Gasteiger partial charge < -0.3 is 14.8 Å². The van der Waals surface area contributed by atoms with Crippen LogP contribution in [0, 0.1) is 17.2 Å². The molecule has 14 heavy (non-hydrogen) atoms. The van der Waals surface area contributed by atoms with E-state index in [9.17, 15) is 0 Å². The molecular weight excluding hydrogens is 180 g/mol. The van der Waals surface area contributed by atoms with Crippen LogP contribution in [-0.4, -0.2) is 31.6 Å². The molecule has 0 aromatic rings. The fraction of sp³-hybridized carbons (Fsp3) is 0.900. The van der Waals surface area contributed by atoms with Crippen LogP contribution in [0.25, 0.3) is 0 Å². The first kappa shape index (κ1) is 11.4. The molecule has 0 spiro atoms. The zero-order valence-corrected chi connectivity index (χ0v) is 9.04. The van der Waals surface area contributed by atoms with Gasteiger partial charge in [0.15, 0.2) is 5.79 Å². The summed E-state index contributed by atoms with van der Waals surface area (Å²) in [6.45, 7) is 7.67. The fourth-order valence-corrected chi connectivity index (χ4v) is 1.20. The lowest BCUT2D eigenvalue weighted by atomic mass is 10.2. The largest absolute Gasteiger partial charge is 0.349 e. The summed E-state index contributed by atoms with van der Waals surface area (Å²) < 4.78 is 11.0. The molecule has 1 fully saturated rings. The molecule has 0 bridgehead atoms. The summed E-state index contributed by atoms with van der Waals surface area (Å²) in [4.78, 5) is 0. The Bertz CT molecular complexity index is 213. The maximum absolute atomic E-state index is 8.59. The molecule has 0 amide bonds. The Hall–Kier alpha value is -0.630. The van der Waals surface area contributed by atoms with Gasteiger partial charge in [-0.1, -0.05) is 0 Å². The first-order chi connectivity index (χ1) is 6.53. The summed E-state index contributed by atoms with van der Waals surface area (Å²) >= 11 is 0. The predicted molar refractivity (Wildman–Crippen MR) is 52.6 cm³/mol. The van der Waals surface area contributed by atoms with Crippen LogP contribution in [0.3, 0.4) is 0 Å². The average Bonchev–Trinajstić information content (AvgIpc) is 2.16. The van der Waals surface area contributed by atoms with E-state index in [2.05, 4.69) is 11.4 Å². The normalized spacial score (nSPS) is 24.1. The van der Waals surface area contributed by atoms with Crippen molar-refractivity contribution in [1.82, 2.24) is 5.32 Å². The van der Waals surface area contributed by atoms with Crippen molar-refractivity contribution in [2.75, 3.05) is 19.8 Å². The van der Waals surface area contributed by atoms with Gasteiger partial charge in [0.2, 0.25) is 0 Å². The van der Waals surface area contributed by atoms with Crippen LogP contribution in [-0.2, 0) is 9.47 Å². The van der Waals surface area contributed by atoms with E-state index in [1.165, 1.54) is 0 Å². The topological polar surface area (TPSA) is 54.3 Å². The van der Waals surface area contributed by atoms with Crippen molar-refractivity contribution in [2.24, 2.45) is 5.92 Å². The lowest BCUT2D eigenvalue weighted by Crippen LogP contribution is -2.49. The maximum atomic E-state index is 8.59. The molecule has 0 aromatic heterocycles. The first-order valence-electron chi connectivity index (χ1n) is 4.94. The third kappa shape index (κ3) is 3.62. The van der Waals surface area contributed by atoms with Gasteiger partial charge in [-0.2, -0.15) is 5.26 Å². The minimum atomic E-state index is -0.459. The lowest BCUT2D eigenvalue weighted by molar-refractivity contribution is -0.252. The summed E-state index contributed by atoms with van der Waals surface area (Å²) in [6, 6.07) is 2.38. The molecule has 0 aromatic carbocycles. The standard InChI is InChI=1S/C10H18N2O2/c1-8(4-11)5-12-9-6-13-10(2,3)14-7-9/h8-9,12H,5-7H2,1-3H3. The molecule has 0 radical (unpaired) electrons. The van der Waals surface area contributed by atoms with E-state index in [-0.39, 0.29) is 12.0 Å². The van der Waals surface area contributed by atoms with E-state index in [0.29, 0.717) is 19.8 Å². The SMILES string of the molecule is CC(C#N)CNC1COC(C)(C)OC1. The van der Waals surface area contributed by atoms with E-state index < -0.39 is 5.79 Å². The van der Waals surface area contributed by atoms with E-state index in [1.807, 2.05) is 20.8 Å². The van der Waals surface area contributed by atoms with Crippen LogP contribution < -0.4 is 5.32 Å². The summed E-state index contributed by atoms with van der Waals surface area (Å²) in [5.41, 5.74) is 0. The van der Waals surface area contributed by atoms with Crippen molar-refractivity contribution < 1.29 is 9.47 Å².